The maximum atomic E-state index is 13.3. The van der Waals surface area contributed by atoms with E-state index < -0.39 is 0 Å². The fourth-order valence-electron chi connectivity index (χ4n) is 3.02. The normalized spacial score (nSPS) is 22.1. The lowest BCUT2D eigenvalue weighted by Gasteiger charge is -2.38. The first-order valence-corrected chi connectivity index (χ1v) is 7.87. The number of carbonyl (C=O) groups excluding carboxylic acids is 1. The third-order valence-corrected chi connectivity index (χ3v) is 4.29. The SMILES string of the molecule is COc1cc(F)ccc1N1CCN(C(=O)[C@H]2COCCN2)CC1. The zero-order valence-corrected chi connectivity index (χ0v) is 13.3. The first-order chi connectivity index (χ1) is 11.2. The van der Waals surface area contributed by atoms with Gasteiger partial charge < -0.3 is 24.6 Å². The Kier molecular flexibility index (Phi) is 4.97. The van der Waals surface area contributed by atoms with Gasteiger partial charge in [-0.3, -0.25) is 4.79 Å². The lowest BCUT2D eigenvalue weighted by Crippen LogP contribution is -2.57. The van der Waals surface area contributed by atoms with Crippen LogP contribution in [0.2, 0.25) is 0 Å². The number of piperazine rings is 1. The molecule has 23 heavy (non-hydrogen) atoms. The Labute approximate surface area is 135 Å². The van der Waals surface area contributed by atoms with Crippen molar-refractivity contribution >= 4 is 11.6 Å². The molecule has 0 aliphatic carbocycles. The lowest BCUT2D eigenvalue weighted by molar-refractivity contribution is -0.136. The highest BCUT2D eigenvalue weighted by molar-refractivity contribution is 5.82. The van der Waals surface area contributed by atoms with Gasteiger partial charge in [0.05, 0.1) is 26.0 Å². The van der Waals surface area contributed by atoms with Crippen molar-refractivity contribution in [2.45, 2.75) is 6.04 Å². The van der Waals surface area contributed by atoms with Gasteiger partial charge in [-0.05, 0) is 12.1 Å². The maximum Gasteiger partial charge on any atom is 0.242 e. The van der Waals surface area contributed by atoms with E-state index >= 15 is 0 Å². The molecule has 0 unspecified atom stereocenters. The van der Waals surface area contributed by atoms with E-state index in [1.54, 1.807) is 6.07 Å². The average Bonchev–Trinajstić information content (AvgIpc) is 2.62. The molecule has 2 heterocycles. The minimum atomic E-state index is -0.317. The molecule has 0 aromatic heterocycles. The van der Waals surface area contributed by atoms with E-state index in [0.29, 0.717) is 51.7 Å². The van der Waals surface area contributed by atoms with Gasteiger partial charge in [0, 0.05) is 38.8 Å². The van der Waals surface area contributed by atoms with Gasteiger partial charge in [0.15, 0.2) is 0 Å². The van der Waals surface area contributed by atoms with E-state index in [2.05, 4.69) is 10.2 Å². The van der Waals surface area contributed by atoms with Crippen molar-refractivity contribution in [3.8, 4) is 5.75 Å². The van der Waals surface area contributed by atoms with Crippen LogP contribution in [-0.2, 0) is 9.53 Å². The molecule has 3 rings (SSSR count). The molecule has 2 saturated heterocycles. The number of hydrogen-bond acceptors (Lipinski definition) is 5. The molecule has 1 atom stereocenters. The van der Waals surface area contributed by atoms with Crippen molar-refractivity contribution < 1.29 is 18.7 Å². The molecule has 7 heteroatoms. The molecule has 0 bridgehead atoms. The fourth-order valence-corrected chi connectivity index (χ4v) is 3.02. The molecule has 0 radical (unpaired) electrons. The lowest BCUT2D eigenvalue weighted by atomic mass is 10.2. The molecule has 1 N–H and O–H groups in total. The first-order valence-electron chi connectivity index (χ1n) is 7.87. The number of nitrogens with one attached hydrogen (secondary N) is 1. The van der Waals surface area contributed by atoms with E-state index in [4.69, 9.17) is 9.47 Å². The van der Waals surface area contributed by atoms with Crippen LogP contribution in [0, 0.1) is 5.82 Å². The van der Waals surface area contributed by atoms with Gasteiger partial charge >= 0.3 is 0 Å². The minimum Gasteiger partial charge on any atom is -0.494 e. The number of morpholine rings is 1. The number of ether oxygens (including phenoxy) is 2. The van der Waals surface area contributed by atoms with Crippen molar-refractivity contribution in [2.24, 2.45) is 0 Å². The quantitative estimate of drug-likeness (QED) is 0.876. The van der Waals surface area contributed by atoms with Crippen LogP contribution in [0.15, 0.2) is 18.2 Å². The van der Waals surface area contributed by atoms with E-state index in [1.165, 1.54) is 19.2 Å². The Morgan fingerprint density at radius 2 is 2.13 bits per heavy atom. The van der Waals surface area contributed by atoms with Gasteiger partial charge in [-0.15, -0.1) is 0 Å². The molecule has 2 aliphatic heterocycles. The Morgan fingerprint density at radius 3 is 2.78 bits per heavy atom. The predicted molar refractivity (Wildman–Crippen MR) is 84.4 cm³/mol. The van der Waals surface area contributed by atoms with Crippen molar-refractivity contribution in [1.82, 2.24) is 10.2 Å². The van der Waals surface area contributed by atoms with Gasteiger partial charge in [-0.1, -0.05) is 0 Å². The molecule has 6 nitrogen and oxygen atoms in total. The summed E-state index contributed by atoms with van der Waals surface area (Å²) in [5, 5.41) is 3.19. The second-order valence-corrected chi connectivity index (χ2v) is 5.71. The van der Waals surface area contributed by atoms with Crippen molar-refractivity contribution in [3.05, 3.63) is 24.0 Å². The summed E-state index contributed by atoms with van der Waals surface area (Å²) < 4.78 is 23.9. The summed E-state index contributed by atoms with van der Waals surface area (Å²) in [6.45, 7) is 4.47. The smallest absolute Gasteiger partial charge is 0.242 e. The maximum absolute atomic E-state index is 13.3. The number of halogens is 1. The number of benzene rings is 1. The molecule has 0 saturated carbocycles. The highest BCUT2D eigenvalue weighted by Gasteiger charge is 2.29. The van der Waals surface area contributed by atoms with Crippen LogP contribution in [-0.4, -0.2) is 69.9 Å². The molecule has 0 spiro atoms. The topological polar surface area (TPSA) is 54.0 Å². The number of hydrogen-bond donors (Lipinski definition) is 1. The van der Waals surface area contributed by atoms with Crippen LogP contribution in [0.1, 0.15) is 0 Å². The van der Waals surface area contributed by atoms with Crippen LogP contribution in [0.3, 0.4) is 0 Å². The fraction of sp³-hybridized carbons (Fsp3) is 0.562. The summed E-state index contributed by atoms with van der Waals surface area (Å²) in [4.78, 5) is 16.4. The molecule has 1 amide bonds. The summed E-state index contributed by atoms with van der Waals surface area (Å²) in [5.41, 5.74) is 0.861. The van der Waals surface area contributed by atoms with Gasteiger partial charge in [0.2, 0.25) is 5.91 Å². The van der Waals surface area contributed by atoms with E-state index in [-0.39, 0.29) is 17.8 Å². The van der Waals surface area contributed by atoms with Crippen LogP contribution in [0.5, 0.6) is 5.75 Å². The number of amides is 1. The minimum absolute atomic E-state index is 0.0930. The second-order valence-electron chi connectivity index (χ2n) is 5.71. The van der Waals surface area contributed by atoms with Gasteiger partial charge in [-0.25, -0.2) is 4.39 Å². The van der Waals surface area contributed by atoms with Crippen molar-refractivity contribution in [3.63, 3.8) is 0 Å². The van der Waals surface area contributed by atoms with Gasteiger partial charge in [0.25, 0.3) is 0 Å². The molecule has 2 fully saturated rings. The molecular formula is C16H22FN3O3. The zero-order chi connectivity index (χ0) is 16.2. The second kappa shape index (κ2) is 7.14. The first kappa shape index (κ1) is 16.0. The van der Waals surface area contributed by atoms with E-state index in [0.717, 1.165) is 5.69 Å². The average molecular weight is 323 g/mol. The summed E-state index contributed by atoms with van der Waals surface area (Å²) in [6, 6.07) is 4.30. The van der Waals surface area contributed by atoms with Gasteiger partial charge in [0.1, 0.15) is 17.6 Å². The summed E-state index contributed by atoms with van der Waals surface area (Å²) in [6.07, 6.45) is 0. The van der Waals surface area contributed by atoms with E-state index in [1.807, 2.05) is 4.90 Å². The third-order valence-electron chi connectivity index (χ3n) is 4.29. The number of carbonyl (C=O) groups is 1. The summed E-state index contributed by atoms with van der Waals surface area (Å²) >= 11 is 0. The summed E-state index contributed by atoms with van der Waals surface area (Å²) in [7, 11) is 1.53. The molecule has 126 valence electrons. The largest absolute Gasteiger partial charge is 0.494 e. The summed E-state index contributed by atoms with van der Waals surface area (Å²) in [5.74, 6) is 0.297. The highest BCUT2D eigenvalue weighted by atomic mass is 19.1. The van der Waals surface area contributed by atoms with Crippen LogP contribution in [0.4, 0.5) is 10.1 Å². The van der Waals surface area contributed by atoms with Crippen LogP contribution >= 0.6 is 0 Å². The van der Waals surface area contributed by atoms with E-state index in [9.17, 15) is 9.18 Å². The monoisotopic (exact) mass is 323 g/mol. The number of rotatable bonds is 3. The molecule has 1 aromatic rings. The number of methoxy groups -OCH3 is 1. The Balaban J connectivity index is 1.61. The zero-order valence-electron chi connectivity index (χ0n) is 13.3. The van der Waals surface area contributed by atoms with Gasteiger partial charge in [-0.2, -0.15) is 0 Å². The van der Waals surface area contributed by atoms with Crippen molar-refractivity contribution in [1.29, 1.82) is 0 Å². The highest BCUT2D eigenvalue weighted by Crippen LogP contribution is 2.29. The molecule has 2 aliphatic rings. The van der Waals surface area contributed by atoms with Crippen molar-refractivity contribution in [2.75, 3.05) is 57.9 Å². The standard InChI is InChI=1S/C16H22FN3O3/c1-22-15-10-12(17)2-3-14(15)19-5-7-20(8-6-19)16(21)13-11-23-9-4-18-13/h2-3,10,13,18H,4-9,11H2,1H3/t13-/m1/s1. The molecular weight excluding hydrogens is 301 g/mol. The number of nitrogens with zero attached hydrogens (tertiary/aromatic N) is 2. The predicted octanol–water partition coefficient (Wildman–Crippen LogP) is 0.471. The Morgan fingerprint density at radius 1 is 1.35 bits per heavy atom. The third kappa shape index (κ3) is 3.56. The number of anilines is 1. The Hall–Kier alpha value is -1.86. The van der Waals surface area contributed by atoms with Crippen LogP contribution in [0.25, 0.3) is 0 Å². The van der Waals surface area contributed by atoms with Crippen LogP contribution < -0.4 is 15.0 Å². The Bertz CT molecular complexity index is 556. The molecule has 1 aromatic carbocycles.